The summed E-state index contributed by atoms with van der Waals surface area (Å²) in [5.41, 5.74) is 2.06. The predicted octanol–water partition coefficient (Wildman–Crippen LogP) is 1.11. The zero-order valence-electron chi connectivity index (χ0n) is 10.7. The third kappa shape index (κ3) is 3.55. The summed E-state index contributed by atoms with van der Waals surface area (Å²) < 4.78 is 0. The summed E-state index contributed by atoms with van der Waals surface area (Å²) in [6, 6.07) is 8.33. The van der Waals surface area contributed by atoms with E-state index in [1.807, 2.05) is 24.3 Å². The van der Waals surface area contributed by atoms with Gasteiger partial charge in [-0.25, -0.2) is 0 Å². The molecule has 0 radical (unpaired) electrons. The van der Waals surface area contributed by atoms with E-state index >= 15 is 0 Å². The van der Waals surface area contributed by atoms with Gasteiger partial charge in [-0.1, -0.05) is 24.3 Å². The van der Waals surface area contributed by atoms with Crippen LogP contribution in [0, 0.1) is 0 Å². The van der Waals surface area contributed by atoms with Crippen LogP contribution in [-0.2, 0) is 17.8 Å². The van der Waals surface area contributed by atoms with E-state index < -0.39 is 5.97 Å². The molecule has 1 aliphatic rings. The van der Waals surface area contributed by atoms with Gasteiger partial charge in [0.25, 0.3) is 0 Å². The van der Waals surface area contributed by atoms with Gasteiger partial charge in [-0.2, -0.15) is 0 Å². The minimum Gasteiger partial charge on any atom is -0.481 e. The van der Waals surface area contributed by atoms with Gasteiger partial charge in [-0.05, 0) is 18.1 Å². The Morgan fingerprint density at radius 3 is 2.83 bits per heavy atom. The zero-order valence-corrected chi connectivity index (χ0v) is 10.7. The smallest absolute Gasteiger partial charge is 0.307 e. The first-order chi connectivity index (χ1) is 8.65. The second-order valence-corrected chi connectivity index (χ2v) is 4.93. The molecule has 0 bridgehead atoms. The molecule has 1 aromatic carbocycles. The predicted molar refractivity (Wildman–Crippen MR) is 70.5 cm³/mol. The van der Waals surface area contributed by atoms with Crippen LogP contribution in [0.25, 0.3) is 0 Å². The first kappa shape index (κ1) is 13.1. The van der Waals surface area contributed by atoms with Crippen molar-refractivity contribution in [2.75, 3.05) is 19.6 Å². The van der Waals surface area contributed by atoms with Crippen molar-refractivity contribution < 1.29 is 9.90 Å². The number of carbonyl (C=O) groups is 1. The van der Waals surface area contributed by atoms with Crippen LogP contribution in [0.3, 0.4) is 0 Å². The van der Waals surface area contributed by atoms with E-state index in [9.17, 15) is 4.79 Å². The standard InChI is InChI=1S/C14H20N2O2/c1-11-9-16(7-6-15-11)10-13-5-3-2-4-12(13)8-14(17)18/h2-5,11,15H,6-10H2,1H3,(H,17,18)/t11-/m1/s1. The summed E-state index contributed by atoms with van der Waals surface area (Å²) in [5.74, 6) is -0.767. The van der Waals surface area contributed by atoms with Crippen LogP contribution in [0.2, 0.25) is 0 Å². The van der Waals surface area contributed by atoms with Crippen molar-refractivity contribution in [3.05, 3.63) is 35.4 Å². The highest BCUT2D eigenvalue weighted by Crippen LogP contribution is 2.13. The number of hydrogen-bond donors (Lipinski definition) is 2. The first-order valence-electron chi connectivity index (χ1n) is 6.39. The van der Waals surface area contributed by atoms with Gasteiger partial charge >= 0.3 is 5.97 Å². The molecule has 0 aliphatic carbocycles. The molecule has 0 spiro atoms. The fourth-order valence-electron chi connectivity index (χ4n) is 2.44. The molecule has 1 saturated heterocycles. The van der Waals surface area contributed by atoms with Gasteiger partial charge in [-0.15, -0.1) is 0 Å². The van der Waals surface area contributed by atoms with E-state index in [-0.39, 0.29) is 6.42 Å². The van der Waals surface area contributed by atoms with Gasteiger partial charge in [0.05, 0.1) is 6.42 Å². The van der Waals surface area contributed by atoms with Crippen LogP contribution in [0.5, 0.6) is 0 Å². The van der Waals surface area contributed by atoms with Crippen LogP contribution in [0.15, 0.2) is 24.3 Å². The van der Waals surface area contributed by atoms with E-state index in [0.717, 1.165) is 37.3 Å². The summed E-state index contributed by atoms with van der Waals surface area (Å²) in [4.78, 5) is 13.2. The quantitative estimate of drug-likeness (QED) is 0.838. The monoisotopic (exact) mass is 248 g/mol. The normalized spacial score (nSPS) is 20.8. The second kappa shape index (κ2) is 5.98. The minimum atomic E-state index is -0.767. The van der Waals surface area contributed by atoms with Crippen molar-refractivity contribution in [2.24, 2.45) is 0 Å². The van der Waals surface area contributed by atoms with Crippen LogP contribution in [0.1, 0.15) is 18.1 Å². The number of aliphatic carboxylic acids is 1. The number of rotatable bonds is 4. The molecule has 1 fully saturated rings. The van der Waals surface area contributed by atoms with Crippen molar-refractivity contribution in [1.82, 2.24) is 10.2 Å². The van der Waals surface area contributed by atoms with Gasteiger partial charge in [0.15, 0.2) is 0 Å². The molecule has 0 aromatic heterocycles. The van der Waals surface area contributed by atoms with Gasteiger partial charge in [0.1, 0.15) is 0 Å². The molecular formula is C14H20N2O2. The lowest BCUT2D eigenvalue weighted by atomic mass is 10.0. The molecule has 0 amide bonds. The van der Waals surface area contributed by atoms with Crippen molar-refractivity contribution in [1.29, 1.82) is 0 Å². The number of carboxylic acid groups (broad SMARTS) is 1. The number of carboxylic acids is 1. The summed E-state index contributed by atoms with van der Waals surface area (Å²) in [6.07, 6.45) is 0.109. The van der Waals surface area contributed by atoms with Crippen molar-refractivity contribution in [3.63, 3.8) is 0 Å². The maximum atomic E-state index is 10.8. The van der Waals surface area contributed by atoms with E-state index in [4.69, 9.17) is 5.11 Å². The van der Waals surface area contributed by atoms with Gasteiger partial charge in [-0.3, -0.25) is 9.69 Å². The van der Waals surface area contributed by atoms with Crippen LogP contribution >= 0.6 is 0 Å². The molecule has 1 aromatic rings. The Bertz CT molecular complexity index is 420. The molecule has 0 unspecified atom stereocenters. The SMILES string of the molecule is C[C@@H]1CN(Cc2ccccc2CC(=O)O)CCN1. The molecule has 0 saturated carbocycles. The van der Waals surface area contributed by atoms with Crippen LogP contribution < -0.4 is 5.32 Å². The topological polar surface area (TPSA) is 52.6 Å². The molecule has 2 N–H and O–H groups in total. The fourth-order valence-corrected chi connectivity index (χ4v) is 2.44. The Kier molecular flexibility index (Phi) is 4.33. The lowest BCUT2D eigenvalue weighted by Gasteiger charge is -2.32. The molecule has 4 nitrogen and oxygen atoms in total. The lowest BCUT2D eigenvalue weighted by Crippen LogP contribution is -2.48. The zero-order chi connectivity index (χ0) is 13.0. The third-order valence-corrected chi connectivity index (χ3v) is 3.31. The highest BCUT2D eigenvalue weighted by molar-refractivity contribution is 5.70. The largest absolute Gasteiger partial charge is 0.481 e. The third-order valence-electron chi connectivity index (χ3n) is 3.31. The van der Waals surface area contributed by atoms with Crippen molar-refractivity contribution in [3.8, 4) is 0 Å². The van der Waals surface area contributed by atoms with E-state index in [0.29, 0.717) is 6.04 Å². The Morgan fingerprint density at radius 2 is 2.17 bits per heavy atom. The number of piperazine rings is 1. The lowest BCUT2D eigenvalue weighted by molar-refractivity contribution is -0.136. The average Bonchev–Trinajstić information content (AvgIpc) is 2.31. The summed E-state index contributed by atoms with van der Waals surface area (Å²) >= 11 is 0. The molecule has 1 atom stereocenters. The molecular weight excluding hydrogens is 228 g/mol. The summed E-state index contributed by atoms with van der Waals surface area (Å²) in [7, 11) is 0. The Hall–Kier alpha value is -1.39. The Morgan fingerprint density at radius 1 is 1.44 bits per heavy atom. The number of nitrogens with one attached hydrogen (secondary N) is 1. The molecule has 1 aliphatic heterocycles. The average molecular weight is 248 g/mol. The minimum absolute atomic E-state index is 0.109. The maximum Gasteiger partial charge on any atom is 0.307 e. The first-order valence-corrected chi connectivity index (χ1v) is 6.39. The van der Waals surface area contributed by atoms with Gasteiger partial charge in [0, 0.05) is 32.2 Å². The number of benzene rings is 1. The summed E-state index contributed by atoms with van der Waals surface area (Å²) in [5, 5.41) is 12.3. The highest BCUT2D eigenvalue weighted by Gasteiger charge is 2.17. The summed E-state index contributed by atoms with van der Waals surface area (Å²) in [6.45, 7) is 6.06. The molecule has 18 heavy (non-hydrogen) atoms. The van der Waals surface area contributed by atoms with Gasteiger partial charge in [0.2, 0.25) is 0 Å². The molecule has 1 heterocycles. The van der Waals surface area contributed by atoms with Crippen LogP contribution in [-0.4, -0.2) is 41.7 Å². The van der Waals surface area contributed by atoms with E-state index in [1.165, 1.54) is 0 Å². The second-order valence-electron chi connectivity index (χ2n) is 4.93. The molecule has 2 rings (SSSR count). The highest BCUT2D eigenvalue weighted by atomic mass is 16.4. The Labute approximate surface area is 108 Å². The number of nitrogens with zero attached hydrogens (tertiary/aromatic N) is 1. The number of hydrogen-bond acceptors (Lipinski definition) is 3. The van der Waals surface area contributed by atoms with Crippen LogP contribution in [0.4, 0.5) is 0 Å². The van der Waals surface area contributed by atoms with E-state index in [1.54, 1.807) is 0 Å². The van der Waals surface area contributed by atoms with Gasteiger partial charge < -0.3 is 10.4 Å². The molecule has 4 heteroatoms. The molecule has 98 valence electrons. The van der Waals surface area contributed by atoms with Crippen molar-refractivity contribution in [2.45, 2.75) is 25.9 Å². The maximum absolute atomic E-state index is 10.8. The van der Waals surface area contributed by atoms with Crippen molar-refractivity contribution >= 4 is 5.97 Å². The fraction of sp³-hybridized carbons (Fsp3) is 0.500. The van der Waals surface area contributed by atoms with E-state index in [2.05, 4.69) is 17.1 Å². The Balaban J connectivity index is 2.05.